The first-order chi connectivity index (χ1) is 19.7. The Labute approximate surface area is 249 Å². The van der Waals surface area contributed by atoms with Crippen LogP contribution >= 0.6 is 11.8 Å². The van der Waals surface area contributed by atoms with Gasteiger partial charge in [0.05, 0.1) is 42.7 Å². The Morgan fingerprint density at radius 2 is 1.74 bits per heavy atom. The summed E-state index contributed by atoms with van der Waals surface area (Å²) in [5.41, 5.74) is -0.925. The Bertz CT molecular complexity index is 1440. The third-order valence-electron chi connectivity index (χ3n) is 7.35. The molecular formula is C29H39N7O5S. The zero-order chi connectivity index (χ0) is 30.3. The van der Waals surface area contributed by atoms with E-state index in [1.54, 1.807) is 45.6 Å². The molecule has 3 aromatic heterocycles. The zero-order valence-corrected chi connectivity index (χ0v) is 26.0. The molecule has 2 fully saturated rings. The van der Waals surface area contributed by atoms with Crippen molar-refractivity contribution < 1.29 is 23.8 Å². The van der Waals surface area contributed by atoms with Gasteiger partial charge >= 0.3 is 12.2 Å². The second-order valence-electron chi connectivity index (χ2n) is 12.9. The first kappa shape index (κ1) is 30.0. The molecule has 0 bridgehead atoms. The topological polar surface area (TPSA) is 134 Å². The van der Waals surface area contributed by atoms with E-state index in [4.69, 9.17) is 19.2 Å². The Morgan fingerprint density at radius 3 is 2.38 bits per heavy atom. The Morgan fingerprint density at radius 1 is 1.02 bits per heavy atom. The highest BCUT2D eigenvalue weighted by atomic mass is 32.2. The van der Waals surface area contributed by atoms with Crippen LogP contribution in [-0.2, 0) is 14.2 Å². The van der Waals surface area contributed by atoms with Gasteiger partial charge in [0.25, 0.3) is 0 Å². The molecular weight excluding hydrogens is 558 g/mol. The number of fused-ring (bicyclic) bond motifs is 1. The number of aromatic nitrogens is 5. The van der Waals surface area contributed by atoms with Gasteiger partial charge in [-0.1, -0.05) is 11.8 Å². The fourth-order valence-corrected chi connectivity index (χ4v) is 6.21. The molecule has 5 rings (SSSR count). The molecule has 2 aliphatic heterocycles. The number of nitrogens with one attached hydrogen (secondary N) is 1. The number of anilines is 1. The number of pyridine rings is 1. The van der Waals surface area contributed by atoms with Crippen molar-refractivity contribution in [1.29, 1.82) is 0 Å². The van der Waals surface area contributed by atoms with Crippen LogP contribution in [0.1, 0.15) is 61.3 Å². The monoisotopic (exact) mass is 597 g/mol. The standard InChI is InChI=1S/C29H39N7O5S/c1-18-23(34-25(37)40-27(2,3)4)29(17-39-18)9-12-35(13-10-29)21-15-32-22(16-31-21)42-20-8-11-30-24-19(20)14-33-36(24)26(38)41-28(5,6)7/h8,11,14-16,18,23H,9-10,12-13,17H2,1-7H3,(H,34,37)/t18-,23+/m0/s1. The van der Waals surface area contributed by atoms with E-state index in [1.165, 1.54) is 16.4 Å². The number of hydrogen-bond acceptors (Lipinski definition) is 11. The van der Waals surface area contributed by atoms with E-state index < -0.39 is 23.4 Å². The number of ether oxygens (including phenoxy) is 3. The lowest BCUT2D eigenvalue weighted by Crippen LogP contribution is -2.55. The first-order valence-electron chi connectivity index (χ1n) is 14.2. The number of piperidine rings is 1. The summed E-state index contributed by atoms with van der Waals surface area (Å²) >= 11 is 1.43. The van der Waals surface area contributed by atoms with E-state index in [0.717, 1.165) is 42.0 Å². The smallest absolute Gasteiger partial charge is 0.437 e. The summed E-state index contributed by atoms with van der Waals surface area (Å²) in [7, 11) is 0. The summed E-state index contributed by atoms with van der Waals surface area (Å²) in [5, 5.41) is 8.74. The quantitative estimate of drug-likeness (QED) is 0.433. The number of amides is 1. The summed E-state index contributed by atoms with van der Waals surface area (Å²) in [6.07, 6.45) is 7.42. The first-order valence-corrected chi connectivity index (χ1v) is 15.0. The van der Waals surface area contributed by atoms with Gasteiger partial charge in [0.15, 0.2) is 5.65 Å². The molecule has 2 atom stereocenters. The van der Waals surface area contributed by atoms with E-state index in [1.807, 2.05) is 33.8 Å². The number of carbonyl (C=O) groups excluding carboxylic acids is 2. The van der Waals surface area contributed by atoms with Crippen LogP contribution in [0.5, 0.6) is 0 Å². The molecule has 0 unspecified atom stereocenters. The van der Waals surface area contributed by atoms with Crippen molar-refractivity contribution in [1.82, 2.24) is 30.0 Å². The highest BCUT2D eigenvalue weighted by molar-refractivity contribution is 7.99. The van der Waals surface area contributed by atoms with E-state index in [-0.39, 0.29) is 17.6 Å². The van der Waals surface area contributed by atoms with Gasteiger partial charge in [0.2, 0.25) is 0 Å². The molecule has 42 heavy (non-hydrogen) atoms. The fourth-order valence-electron chi connectivity index (χ4n) is 5.39. The maximum Gasteiger partial charge on any atom is 0.437 e. The Hall–Kier alpha value is -3.45. The molecule has 5 heterocycles. The average Bonchev–Trinajstić information content (AvgIpc) is 3.46. The molecule has 0 radical (unpaired) electrons. The van der Waals surface area contributed by atoms with Crippen LogP contribution in [0.15, 0.2) is 40.8 Å². The Kier molecular flexibility index (Phi) is 8.10. The normalized spacial score (nSPS) is 20.6. The number of carbonyl (C=O) groups is 2. The predicted molar refractivity (Wildman–Crippen MR) is 158 cm³/mol. The molecule has 0 aromatic carbocycles. The maximum atomic E-state index is 12.6. The van der Waals surface area contributed by atoms with Gasteiger partial charge in [0, 0.05) is 29.6 Å². The van der Waals surface area contributed by atoms with E-state index >= 15 is 0 Å². The lowest BCUT2D eigenvalue weighted by atomic mass is 9.73. The highest BCUT2D eigenvalue weighted by Gasteiger charge is 2.50. The second kappa shape index (κ2) is 11.3. The SMILES string of the molecule is C[C@@H]1OCC2(CCN(c3cnc(Sc4ccnc5c4cnn5C(=O)OC(C)(C)C)cn3)CC2)[C@@H]1NC(=O)OC(C)(C)C. The number of hydrogen-bond donors (Lipinski definition) is 1. The molecule has 3 aromatic rings. The predicted octanol–water partition coefficient (Wildman–Crippen LogP) is 5.05. The van der Waals surface area contributed by atoms with Crippen LogP contribution in [0, 0.1) is 5.41 Å². The van der Waals surface area contributed by atoms with Crippen molar-refractivity contribution in [2.24, 2.45) is 5.41 Å². The van der Waals surface area contributed by atoms with Crippen molar-refractivity contribution in [3.05, 3.63) is 30.9 Å². The number of alkyl carbamates (subject to hydrolysis) is 1. The van der Waals surface area contributed by atoms with Crippen molar-refractivity contribution >= 4 is 40.8 Å². The molecule has 1 spiro atoms. The second-order valence-corrected chi connectivity index (χ2v) is 13.9. The lowest BCUT2D eigenvalue weighted by Gasteiger charge is -2.42. The van der Waals surface area contributed by atoms with Crippen LogP contribution in [0.2, 0.25) is 0 Å². The largest absolute Gasteiger partial charge is 0.444 e. The molecule has 1 N–H and O–H groups in total. The van der Waals surface area contributed by atoms with Crippen LogP contribution in [0.25, 0.3) is 11.0 Å². The number of rotatable bonds is 4. The summed E-state index contributed by atoms with van der Waals surface area (Å²) < 4.78 is 18.2. The summed E-state index contributed by atoms with van der Waals surface area (Å²) in [6.45, 7) is 15.2. The van der Waals surface area contributed by atoms with Crippen molar-refractivity contribution in [3.63, 3.8) is 0 Å². The van der Waals surface area contributed by atoms with Gasteiger partial charge in [-0.3, -0.25) is 0 Å². The molecule has 0 aliphatic carbocycles. The number of nitrogens with zero attached hydrogens (tertiary/aromatic N) is 6. The fraction of sp³-hybridized carbons (Fsp3) is 0.586. The van der Waals surface area contributed by atoms with Crippen LogP contribution in [0.3, 0.4) is 0 Å². The summed E-state index contributed by atoms with van der Waals surface area (Å²) in [6, 6.07) is 1.75. The van der Waals surface area contributed by atoms with Crippen LogP contribution < -0.4 is 10.2 Å². The van der Waals surface area contributed by atoms with Crippen molar-refractivity contribution in [2.75, 3.05) is 24.6 Å². The van der Waals surface area contributed by atoms with E-state index in [2.05, 4.69) is 25.3 Å². The molecule has 0 saturated carbocycles. The maximum absolute atomic E-state index is 12.6. The van der Waals surface area contributed by atoms with Gasteiger partial charge in [-0.15, -0.1) is 4.68 Å². The minimum Gasteiger partial charge on any atom is -0.444 e. The van der Waals surface area contributed by atoms with Crippen molar-refractivity contribution in [3.8, 4) is 0 Å². The molecule has 12 nitrogen and oxygen atoms in total. The third-order valence-corrected chi connectivity index (χ3v) is 8.34. The van der Waals surface area contributed by atoms with Gasteiger partial charge < -0.3 is 24.4 Å². The third kappa shape index (κ3) is 6.62. The molecule has 1 amide bonds. The zero-order valence-electron chi connectivity index (χ0n) is 25.2. The van der Waals surface area contributed by atoms with Gasteiger partial charge in [-0.2, -0.15) is 5.10 Å². The highest BCUT2D eigenvalue weighted by Crippen LogP contribution is 2.43. The molecule has 2 saturated heterocycles. The van der Waals surface area contributed by atoms with Crippen molar-refractivity contribution in [2.45, 2.75) is 94.6 Å². The van der Waals surface area contributed by atoms with Gasteiger partial charge in [0.1, 0.15) is 22.0 Å². The summed E-state index contributed by atoms with van der Waals surface area (Å²) in [4.78, 5) is 41.9. The average molecular weight is 598 g/mol. The minimum absolute atomic E-state index is 0.0870. The van der Waals surface area contributed by atoms with Crippen LogP contribution in [-0.4, -0.2) is 80.0 Å². The molecule has 2 aliphatic rings. The minimum atomic E-state index is -0.643. The van der Waals surface area contributed by atoms with E-state index in [9.17, 15) is 9.59 Å². The molecule has 13 heteroatoms. The van der Waals surface area contributed by atoms with Gasteiger partial charge in [-0.05, 0) is 67.4 Å². The Balaban J connectivity index is 1.23. The van der Waals surface area contributed by atoms with Gasteiger partial charge in [-0.25, -0.2) is 24.5 Å². The summed E-state index contributed by atoms with van der Waals surface area (Å²) in [5.74, 6) is 0.801. The van der Waals surface area contributed by atoms with Crippen LogP contribution in [0.4, 0.5) is 15.4 Å². The van der Waals surface area contributed by atoms with E-state index in [0.29, 0.717) is 17.3 Å². The lowest BCUT2D eigenvalue weighted by molar-refractivity contribution is 0.0433. The molecule has 226 valence electrons.